The molecular weight excluding hydrogens is 559 g/mol. The number of aromatic nitrogens is 1. The van der Waals surface area contributed by atoms with E-state index in [2.05, 4.69) is 18.8 Å². The molecule has 1 saturated heterocycles. The standard InChI is InChI=1S/C32H31FN2O6S/c1-5-40-22-11-12-23-26(17-22)42-32(34-23)35-28(20-8-13-24(25(16-20)39-4)41-15-14-18(2)3)27(30(37)31(35)38)29(36)19-6-9-21(33)10-7-19/h6-13,16-18,28,36H,5,14-15H2,1-4H3/b29-27+. The number of thiazole rings is 1. The van der Waals surface area contributed by atoms with E-state index in [-0.39, 0.29) is 16.3 Å². The molecule has 1 aliphatic heterocycles. The number of aliphatic hydroxyl groups is 1. The Morgan fingerprint density at radius 2 is 1.81 bits per heavy atom. The highest BCUT2D eigenvalue weighted by Gasteiger charge is 2.48. The van der Waals surface area contributed by atoms with Crippen molar-refractivity contribution in [2.45, 2.75) is 33.2 Å². The molecule has 4 aromatic rings. The predicted octanol–water partition coefficient (Wildman–Crippen LogP) is 6.89. The van der Waals surface area contributed by atoms with Crippen molar-refractivity contribution < 1.29 is 33.3 Å². The molecule has 1 atom stereocenters. The molecule has 1 fully saturated rings. The Kier molecular flexibility index (Phi) is 8.44. The largest absolute Gasteiger partial charge is 0.507 e. The summed E-state index contributed by atoms with van der Waals surface area (Å²) in [5.74, 6) is -0.599. The second-order valence-corrected chi connectivity index (χ2v) is 11.2. The topological polar surface area (TPSA) is 98.2 Å². The first-order valence-corrected chi connectivity index (χ1v) is 14.4. The van der Waals surface area contributed by atoms with E-state index in [1.165, 1.54) is 47.6 Å². The van der Waals surface area contributed by atoms with Gasteiger partial charge in [-0.25, -0.2) is 9.37 Å². The van der Waals surface area contributed by atoms with E-state index in [0.29, 0.717) is 47.5 Å². The van der Waals surface area contributed by atoms with Crippen LogP contribution in [0.4, 0.5) is 9.52 Å². The molecule has 5 rings (SSSR count). The van der Waals surface area contributed by atoms with E-state index in [1.807, 2.05) is 13.0 Å². The smallest absolute Gasteiger partial charge is 0.301 e. The van der Waals surface area contributed by atoms with Gasteiger partial charge in [-0.3, -0.25) is 14.5 Å². The number of rotatable bonds is 10. The lowest BCUT2D eigenvalue weighted by molar-refractivity contribution is -0.132. The number of hydrogen-bond acceptors (Lipinski definition) is 8. The van der Waals surface area contributed by atoms with Crippen LogP contribution in [-0.2, 0) is 9.59 Å². The molecule has 1 aliphatic rings. The van der Waals surface area contributed by atoms with Gasteiger partial charge in [-0.2, -0.15) is 0 Å². The van der Waals surface area contributed by atoms with E-state index in [9.17, 15) is 19.1 Å². The fourth-order valence-electron chi connectivity index (χ4n) is 4.74. The number of anilines is 1. The van der Waals surface area contributed by atoms with Crippen LogP contribution < -0.4 is 19.1 Å². The number of hydrogen-bond donors (Lipinski definition) is 1. The zero-order valence-electron chi connectivity index (χ0n) is 23.7. The molecule has 42 heavy (non-hydrogen) atoms. The first-order valence-electron chi connectivity index (χ1n) is 13.6. The van der Waals surface area contributed by atoms with Gasteiger partial charge in [0.2, 0.25) is 0 Å². The van der Waals surface area contributed by atoms with Gasteiger partial charge in [0.25, 0.3) is 5.78 Å². The summed E-state index contributed by atoms with van der Waals surface area (Å²) in [4.78, 5) is 33.1. The molecule has 10 heteroatoms. The van der Waals surface area contributed by atoms with Crippen LogP contribution in [0.15, 0.2) is 66.2 Å². The number of carbonyl (C=O) groups is 2. The average Bonchev–Trinajstić information content (AvgIpc) is 3.50. The molecule has 0 radical (unpaired) electrons. The predicted molar refractivity (Wildman–Crippen MR) is 160 cm³/mol. The lowest BCUT2D eigenvalue weighted by atomic mass is 9.95. The number of nitrogens with zero attached hydrogens (tertiary/aromatic N) is 2. The van der Waals surface area contributed by atoms with Gasteiger partial charge in [0.05, 0.1) is 42.2 Å². The minimum atomic E-state index is -1.04. The number of ketones is 1. The Morgan fingerprint density at radius 3 is 2.50 bits per heavy atom. The van der Waals surface area contributed by atoms with Gasteiger partial charge in [0, 0.05) is 5.56 Å². The number of halogens is 1. The SMILES string of the molecule is CCOc1ccc2nc(N3C(=O)C(=O)/C(=C(/O)c4ccc(F)cc4)C3c3ccc(OCCC(C)C)c(OC)c3)sc2c1. The van der Waals surface area contributed by atoms with Gasteiger partial charge < -0.3 is 19.3 Å². The number of carbonyl (C=O) groups excluding carboxylic acids is 2. The summed E-state index contributed by atoms with van der Waals surface area (Å²) in [6.45, 7) is 7.08. The summed E-state index contributed by atoms with van der Waals surface area (Å²) in [5, 5.41) is 11.6. The number of benzene rings is 3. The molecule has 1 N–H and O–H groups in total. The van der Waals surface area contributed by atoms with Crippen LogP contribution in [0.5, 0.6) is 17.2 Å². The van der Waals surface area contributed by atoms with Gasteiger partial charge in [0.15, 0.2) is 16.6 Å². The summed E-state index contributed by atoms with van der Waals surface area (Å²) in [6, 6.07) is 14.6. The van der Waals surface area contributed by atoms with Crippen LogP contribution in [0, 0.1) is 11.7 Å². The van der Waals surface area contributed by atoms with Gasteiger partial charge in [0.1, 0.15) is 17.3 Å². The maximum atomic E-state index is 13.7. The van der Waals surface area contributed by atoms with Crippen LogP contribution in [0.25, 0.3) is 16.0 Å². The van der Waals surface area contributed by atoms with Crippen LogP contribution in [0.3, 0.4) is 0 Å². The van der Waals surface area contributed by atoms with E-state index in [4.69, 9.17) is 14.2 Å². The van der Waals surface area contributed by atoms with Crippen LogP contribution in [-0.4, -0.2) is 42.1 Å². The van der Waals surface area contributed by atoms with Gasteiger partial charge >= 0.3 is 5.91 Å². The summed E-state index contributed by atoms with van der Waals surface area (Å²) < 4.78 is 31.6. The van der Waals surface area contributed by atoms with E-state index < -0.39 is 29.3 Å². The minimum absolute atomic E-state index is 0.142. The van der Waals surface area contributed by atoms with Crippen LogP contribution >= 0.6 is 11.3 Å². The molecular formula is C32H31FN2O6S. The lowest BCUT2D eigenvalue weighted by Gasteiger charge is -2.24. The second kappa shape index (κ2) is 12.2. The van der Waals surface area contributed by atoms with Gasteiger partial charge in [-0.05, 0) is 79.4 Å². The number of Topliss-reactive ketones (excluding diaryl/α,β-unsaturated/α-hetero) is 1. The third kappa shape index (κ3) is 5.67. The normalized spacial score (nSPS) is 16.4. The van der Waals surface area contributed by atoms with Crippen molar-refractivity contribution in [2.24, 2.45) is 5.92 Å². The first-order chi connectivity index (χ1) is 20.2. The molecule has 218 valence electrons. The first kappa shape index (κ1) is 29.1. The summed E-state index contributed by atoms with van der Waals surface area (Å²) in [5.41, 5.74) is 1.19. The molecule has 3 aromatic carbocycles. The Bertz CT molecular complexity index is 1660. The number of fused-ring (bicyclic) bond motifs is 1. The second-order valence-electron chi connectivity index (χ2n) is 10.2. The average molecular weight is 591 g/mol. The highest BCUT2D eigenvalue weighted by atomic mass is 32.1. The van der Waals surface area contributed by atoms with Crippen molar-refractivity contribution in [3.05, 3.63) is 83.2 Å². The number of methoxy groups -OCH3 is 1. The fraction of sp³-hybridized carbons (Fsp3) is 0.281. The molecule has 0 saturated carbocycles. The summed E-state index contributed by atoms with van der Waals surface area (Å²) >= 11 is 1.23. The fourth-order valence-corrected chi connectivity index (χ4v) is 5.76. The number of ether oxygens (including phenoxy) is 3. The summed E-state index contributed by atoms with van der Waals surface area (Å²) in [6.07, 6.45) is 0.853. The molecule has 0 bridgehead atoms. The Balaban J connectivity index is 1.65. The number of aliphatic hydroxyl groups excluding tert-OH is 1. The summed E-state index contributed by atoms with van der Waals surface area (Å²) in [7, 11) is 1.51. The Hall–Kier alpha value is -4.44. The zero-order chi connectivity index (χ0) is 30.0. The highest BCUT2D eigenvalue weighted by molar-refractivity contribution is 7.22. The van der Waals surface area contributed by atoms with E-state index in [1.54, 1.807) is 30.3 Å². The van der Waals surface area contributed by atoms with Crippen molar-refractivity contribution >= 4 is 44.1 Å². The van der Waals surface area contributed by atoms with Crippen molar-refractivity contribution in [1.82, 2.24) is 4.98 Å². The van der Waals surface area contributed by atoms with Crippen LogP contribution in [0.2, 0.25) is 0 Å². The molecule has 1 unspecified atom stereocenters. The zero-order valence-corrected chi connectivity index (χ0v) is 24.5. The lowest BCUT2D eigenvalue weighted by Crippen LogP contribution is -2.29. The van der Waals surface area contributed by atoms with Gasteiger partial charge in [-0.1, -0.05) is 31.3 Å². The van der Waals surface area contributed by atoms with Crippen molar-refractivity contribution in [2.75, 3.05) is 25.2 Å². The van der Waals surface area contributed by atoms with E-state index >= 15 is 0 Å². The molecule has 0 aliphatic carbocycles. The Labute approximate surface area is 247 Å². The number of amides is 1. The van der Waals surface area contributed by atoms with E-state index in [0.717, 1.165) is 11.1 Å². The third-order valence-corrected chi connectivity index (χ3v) is 7.90. The maximum absolute atomic E-state index is 13.7. The van der Waals surface area contributed by atoms with Gasteiger partial charge in [-0.15, -0.1) is 0 Å². The minimum Gasteiger partial charge on any atom is -0.507 e. The van der Waals surface area contributed by atoms with Crippen molar-refractivity contribution in [1.29, 1.82) is 0 Å². The van der Waals surface area contributed by atoms with Crippen molar-refractivity contribution in [3.8, 4) is 17.2 Å². The maximum Gasteiger partial charge on any atom is 0.301 e. The molecule has 2 heterocycles. The molecule has 0 spiro atoms. The molecule has 1 amide bonds. The Morgan fingerprint density at radius 1 is 1.05 bits per heavy atom. The highest BCUT2D eigenvalue weighted by Crippen LogP contribution is 2.46. The molecule has 8 nitrogen and oxygen atoms in total. The van der Waals surface area contributed by atoms with Crippen molar-refractivity contribution in [3.63, 3.8) is 0 Å². The third-order valence-electron chi connectivity index (χ3n) is 6.88. The monoisotopic (exact) mass is 590 g/mol. The molecule has 1 aromatic heterocycles. The quantitative estimate of drug-likeness (QED) is 0.122. The van der Waals surface area contributed by atoms with Crippen LogP contribution in [0.1, 0.15) is 44.4 Å².